The van der Waals surface area contributed by atoms with Gasteiger partial charge in [-0.3, -0.25) is 9.69 Å². The number of phenols is 1. The van der Waals surface area contributed by atoms with E-state index in [2.05, 4.69) is 4.90 Å². The summed E-state index contributed by atoms with van der Waals surface area (Å²) in [5.41, 5.74) is 0.902. The smallest absolute Gasteiger partial charge is 0.306 e. The Hall–Kier alpha value is -1.55. The van der Waals surface area contributed by atoms with Crippen molar-refractivity contribution in [2.24, 2.45) is 11.8 Å². The molecule has 1 aromatic rings. The summed E-state index contributed by atoms with van der Waals surface area (Å²) in [5, 5.41) is 18.7. The average Bonchev–Trinajstić information content (AvgIpc) is 2.27. The number of rotatable bonds is 4. The van der Waals surface area contributed by atoms with Crippen LogP contribution >= 0.6 is 0 Å². The van der Waals surface area contributed by atoms with E-state index in [4.69, 9.17) is 5.11 Å². The summed E-state index contributed by atoms with van der Waals surface area (Å²) in [4.78, 5) is 13.1. The third-order valence-electron chi connectivity index (χ3n) is 3.97. The molecule has 2 atom stereocenters. The third-order valence-corrected chi connectivity index (χ3v) is 3.97. The molecule has 18 heavy (non-hydrogen) atoms. The number of hydrogen-bond acceptors (Lipinski definition) is 3. The largest absolute Gasteiger partial charge is 0.508 e. The van der Waals surface area contributed by atoms with Crippen LogP contribution in [0.2, 0.25) is 0 Å². The quantitative estimate of drug-likeness (QED) is 0.858. The van der Waals surface area contributed by atoms with Gasteiger partial charge >= 0.3 is 5.97 Å². The number of aliphatic carboxylic acids is 1. The number of likely N-dealkylation sites (tertiary alicyclic amines) is 1. The molecule has 98 valence electrons. The highest BCUT2D eigenvalue weighted by atomic mass is 16.4. The van der Waals surface area contributed by atoms with E-state index >= 15 is 0 Å². The van der Waals surface area contributed by atoms with Crippen LogP contribution in [-0.4, -0.2) is 34.2 Å². The van der Waals surface area contributed by atoms with Crippen LogP contribution in [0.4, 0.5) is 0 Å². The lowest BCUT2D eigenvalue weighted by Crippen LogP contribution is -2.51. The second-order valence-corrected chi connectivity index (χ2v) is 5.08. The maximum absolute atomic E-state index is 10.9. The Labute approximate surface area is 107 Å². The summed E-state index contributed by atoms with van der Waals surface area (Å²) in [6, 6.07) is 7.43. The van der Waals surface area contributed by atoms with Gasteiger partial charge in [0.25, 0.3) is 0 Å². The predicted molar refractivity (Wildman–Crippen MR) is 68.4 cm³/mol. The molecule has 1 aromatic carbocycles. The van der Waals surface area contributed by atoms with Crippen LogP contribution in [0.1, 0.15) is 25.5 Å². The van der Waals surface area contributed by atoms with E-state index in [9.17, 15) is 9.90 Å². The third kappa shape index (κ3) is 2.34. The second kappa shape index (κ2) is 4.98. The molecular weight excluding hydrogens is 230 g/mol. The van der Waals surface area contributed by atoms with Crippen LogP contribution in [0.15, 0.2) is 24.3 Å². The van der Waals surface area contributed by atoms with E-state index in [0.29, 0.717) is 5.75 Å². The second-order valence-electron chi connectivity index (χ2n) is 5.08. The van der Waals surface area contributed by atoms with E-state index in [1.807, 2.05) is 19.1 Å². The van der Waals surface area contributed by atoms with Crippen LogP contribution in [0.3, 0.4) is 0 Å². The molecule has 2 N–H and O–H groups in total. The lowest BCUT2D eigenvalue weighted by molar-refractivity contribution is -0.146. The van der Waals surface area contributed by atoms with Gasteiger partial charge in [0.15, 0.2) is 0 Å². The van der Waals surface area contributed by atoms with E-state index in [1.165, 1.54) is 0 Å². The highest BCUT2D eigenvalue weighted by Crippen LogP contribution is 2.35. The van der Waals surface area contributed by atoms with E-state index in [0.717, 1.165) is 18.7 Å². The van der Waals surface area contributed by atoms with Crippen LogP contribution < -0.4 is 0 Å². The minimum atomic E-state index is -0.727. The minimum absolute atomic E-state index is 0.128. The number of para-hydroxylation sites is 1. The van der Waals surface area contributed by atoms with Gasteiger partial charge in [-0.1, -0.05) is 25.1 Å². The van der Waals surface area contributed by atoms with Crippen molar-refractivity contribution in [2.45, 2.75) is 19.9 Å². The molecule has 0 bridgehead atoms. The molecule has 2 rings (SSSR count). The highest BCUT2D eigenvalue weighted by molar-refractivity contribution is 5.70. The van der Waals surface area contributed by atoms with Crippen LogP contribution in [0.25, 0.3) is 0 Å². The molecular formula is C14H19NO3. The molecule has 0 saturated carbocycles. The predicted octanol–water partition coefficient (Wildman–Crippen LogP) is 2.11. The number of carboxylic acid groups (broad SMARTS) is 1. The lowest BCUT2D eigenvalue weighted by atomic mass is 9.85. The Morgan fingerprint density at radius 2 is 1.94 bits per heavy atom. The van der Waals surface area contributed by atoms with Crippen LogP contribution in [0.5, 0.6) is 5.75 Å². The normalized spacial score (nSPS) is 20.1. The van der Waals surface area contributed by atoms with Gasteiger partial charge in [-0.05, 0) is 18.9 Å². The van der Waals surface area contributed by atoms with Gasteiger partial charge in [-0.2, -0.15) is 0 Å². The summed E-state index contributed by atoms with van der Waals surface area (Å²) in [7, 11) is 0. The lowest BCUT2D eigenvalue weighted by Gasteiger charge is -2.45. The maximum atomic E-state index is 10.9. The number of nitrogens with zero attached hydrogens (tertiary/aromatic N) is 1. The van der Waals surface area contributed by atoms with Gasteiger partial charge in [0.05, 0.1) is 5.92 Å². The van der Waals surface area contributed by atoms with Crippen molar-refractivity contribution in [3.63, 3.8) is 0 Å². The van der Waals surface area contributed by atoms with E-state index in [1.54, 1.807) is 19.1 Å². The van der Waals surface area contributed by atoms with Crippen LogP contribution in [0, 0.1) is 11.8 Å². The first-order chi connectivity index (χ1) is 8.50. The number of hydrogen-bond donors (Lipinski definition) is 2. The van der Waals surface area contributed by atoms with Gasteiger partial charge in [0.2, 0.25) is 0 Å². The first kappa shape index (κ1) is 12.9. The molecule has 1 fully saturated rings. The molecule has 0 radical (unpaired) electrons. The standard InChI is InChI=1S/C14H19NO3/c1-9(14(17)18)11-7-15(8-11)10(2)12-5-3-4-6-13(12)16/h3-6,9-11,16H,7-8H2,1-2H3,(H,17,18). The Balaban J connectivity index is 1.96. The summed E-state index contributed by atoms with van der Waals surface area (Å²) < 4.78 is 0. The van der Waals surface area contributed by atoms with E-state index in [-0.39, 0.29) is 17.9 Å². The van der Waals surface area contributed by atoms with Crippen molar-refractivity contribution in [3.05, 3.63) is 29.8 Å². The Morgan fingerprint density at radius 1 is 1.33 bits per heavy atom. The zero-order valence-corrected chi connectivity index (χ0v) is 10.7. The van der Waals surface area contributed by atoms with Crippen molar-refractivity contribution < 1.29 is 15.0 Å². The number of phenolic OH excluding ortho intramolecular Hbond substituents is 1. The molecule has 0 spiro atoms. The van der Waals surface area contributed by atoms with Gasteiger partial charge < -0.3 is 10.2 Å². The molecule has 1 aliphatic heterocycles. The van der Waals surface area contributed by atoms with Gasteiger partial charge in [0, 0.05) is 24.7 Å². The Morgan fingerprint density at radius 3 is 2.50 bits per heavy atom. The summed E-state index contributed by atoms with van der Waals surface area (Å²) >= 11 is 0. The van der Waals surface area contributed by atoms with Crippen molar-refractivity contribution in [2.75, 3.05) is 13.1 Å². The molecule has 2 unspecified atom stereocenters. The van der Waals surface area contributed by atoms with Gasteiger partial charge in [-0.15, -0.1) is 0 Å². The van der Waals surface area contributed by atoms with Gasteiger partial charge in [0.1, 0.15) is 5.75 Å². The fourth-order valence-electron chi connectivity index (χ4n) is 2.42. The highest BCUT2D eigenvalue weighted by Gasteiger charge is 2.37. The zero-order chi connectivity index (χ0) is 13.3. The number of carbonyl (C=O) groups is 1. The van der Waals surface area contributed by atoms with Crippen LogP contribution in [-0.2, 0) is 4.79 Å². The Bertz CT molecular complexity index is 440. The summed E-state index contributed by atoms with van der Waals surface area (Å²) in [5.74, 6) is -0.497. The fourth-order valence-corrected chi connectivity index (χ4v) is 2.42. The molecule has 1 heterocycles. The monoisotopic (exact) mass is 249 g/mol. The molecule has 1 saturated heterocycles. The zero-order valence-electron chi connectivity index (χ0n) is 10.7. The van der Waals surface area contributed by atoms with Crippen molar-refractivity contribution in [1.82, 2.24) is 4.90 Å². The summed E-state index contributed by atoms with van der Waals surface area (Å²) in [6.45, 7) is 5.36. The molecule has 0 amide bonds. The van der Waals surface area contributed by atoms with Crippen molar-refractivity contribution in [1.29, 1.82) is 0 Å². The summed E-state index contributed by atoms with van der Waals surface area (Å²) in [6.07, 6.45) is 0. The maximum Gasteiger partial charge on any atom is 0.306 e. The average molecular weight is 249 g/mol. The van der Waals surface area contributed by atoms with Crippen molar-refractivity contribution >= 4 is 5.97 Å². The fraction of sp³-hybridized carbons (Fsp3) is 0.500. The molecule has 0 aromatic heterocycles. The van der Waals surface area contributed by atoms with Gasteiger partial charge in [-0.25, -0.2) is 0 Å². The first-order valence-electron chi connectivity index (χ1n) is 6.25. The van der Waals surface area contributed by atoms with E-state index < -0.39 is 5.97 Å². The number of carboxylic acids is 1. The SMILES string of the molecule is CC(C(=O)O)C1CN(C(C)c2ccccc2O)C1. The molecule has 4 nitrogen and oxygen atoms in total. The minimum Gasteiger partial charge on any atom is -0.508 e. The molecule has 0 aliphatic carbocycles. The number of benzene rings is 1. The Kier molecular flexibility index (Phi) is 3.57. The van der Waals surface area contributed by atoms with Crippen molar-refractivity contribution in [3.8, 4) is 5.75 Å². The molecule has 4 heteroatoms. The first-order valence-corrected chi connectivity index (χ1v) is 6.25. The number of aromatic hydroxyl groups is 1. The topological polar surface area (TPSA) is 60.8 Å². The molecule has 1 aliphatic rings.